The van der Waals surface area contributed by atoms with Crippen LogP contribution in [0.2, 0.25) is 0 Å². The van der Waals surface area contributed by atoms with Gasteiger partial charge in [0.15, 0.2) is 5.13 Å². The molecule has 8 heteroatoms. The minimum atomic E-state index is -3.64. The minimum Gasteiger partial charge on any atom is -0.346 e. The summed E-state index contributed by atoms with van der Waals surface area (Å²) in [5.41, 5.74) is 0.318. The van der Waals surface area contributed by atoms with E-state index in [-0.39, 0.29) is 10.9 Å². The quantitative estimate of drug-likeness (QED) is 0.926. The van der Waals surface area contributed by atoms with Crippen LogP contribution < -0.4 is 9.62 Å². The van der Waals surface area contributed by atoms with E-state index in [4.69, 9.17) is 0 Å². The fourth-order valence-corrected chi connectivity index (χ4v) is 4.50. The molecule has 0 bridgehead atoms. The lowest BCUT2D eigenvalue weighted by Gasteiger charge is -2.16. The maximum Gasteiger partial charge on any atom is 0.240 e. The minimum absolute atomic E-state index is 0.0964. The van der Waals surface area contributed by atoms with Gasteiger partial charge in [0.25, 0.3) is 0 Å². The van der Waals surface area contributed by atoms with Crippen molar-refractivity contribution in [3.63, 3.8) is 0 Å². The van der Waals surface area contributed by atoms with Gasteiger partial charge in [-0.05, 0) is 37.1 Å². The Morgan fingerprint density at radius 1 is 1.45 bits per heavy atom. The zero-order valence-electron chi connectivity index (χ0n) is 12.0. The maximum absolute atomic E-state index is 13.3. The number of sulfonamides is 1. The van der Waals surface area contributed by atoms with Crippen LogP contribution >= 0.6 is 11.3 Å². The van der Waals surface area contributed by atoms with Crippen LogP contribution in [0.3, 0.4) is 0 Å². The van der Waals surface area contributed by atoms with Gasteiger partial charge in [-0.1, -0.05) is 0 Å². The van der Waals surface area contributed by atoms with Gasteiger partial charge in [-0.2, -0.15) is 0 Å². The van der Waals surface area contributed by atoms with Gasteiger partial charge in [-0.3, -0.25) is 0 Å². The number of rotatable bonds is 4. The molecule has 1 atom stereocenters. The first-order valence-electron chi connectivity index (χ1n) is 6.88. The SMILES string of the molecule is Cc1cc(S(=O)(=O)N[C@@H]2CCN(c3nccs3)C2)ccc1F. The second-order valence-electron chi connectivity index (χ2n) is 5.28. The topological polar surface area (TPSA) is 62.3 Å². The second-order valence-corrected chi connectivity index (χ2v) is 7.87. The summed E-state index contributed by atoms with van der Waals surface area (Å²) >= 11 is 1.54. The molecule has 0 spiro atoms. The van der Waals surface area contributed by atoms with Gasteiger partial charge in [0.1, 0.15) is 5.82 Å². The number of hydrogen-bond donors (Lipinski definition) is 1. The van der Waals surface area contributed by atoms with Gasteiger partial charge in [-0.25, -0.2) is 22.5 Å². The van der Waals surface area contributed by atoms with E-state index in [1.807, 2.05) is 5.38 Å². The molecule has 0 unspecified atom stereocenters. The average molecular weight is 341 g/mol. The lowest BCUT2D eigenvalue weighted by atomic mass is 10.2. The third kappa shape index (κ3) is 3.13. The second kappa shape index (κ2) is 5.94. The number of aryl methyl sites for hydroxylation is 1. The first kappa shape index (κ1) is 15.4. The fraction of sp³-hybridized carbons (Fsp3) is 0.357. The van der Waals surface area contributed by atoms with Crippen molar-refractivity contribution in [3.8, 4) is 0 Å². The van der Waals surface area contributed by atoms with Gasteiger partial charge in [0.05, 0.1) is 4.90 Å². The molecule has 1 aliphatic heterocycles. The summed E-state index contributed by atoms with van der Waals surface area (Å²) in [6, 6.07) is 3.66. The predicted octanol–water partition coefficient (Wildman–Crippen LogP) is 2.15. The molecule has 0 saturated carbocycles. The summed E-state index contributed by atoms with van der Waals surface area (Å²) in [4.78, 5) is 6.39. The van der Waals surface area contributed by atoms with Crippen molar-refractivity contribution < 1.29 is 12.8 Å². The van der Waals surface area contributed by atoms with Crippen molar-refractivity contribution >= 4 is 26.5 Å². The Hall–Kier alpha value is -1.51. The first-order valence-corrected chi connectivity index (χ1v) is 9.25. The molecule has 0 radical (unpaired) electrons. The zero-order chi connectivity index (χ0) is 15.7. The maximum atomic E-state index is 13.3. The van der Waals surface area contributed by atoms with Gasteiger partial charge >= 0.3 is 0 Å². The first-order chi connectivity index (χ1) is 10.5. The van der Waals surface area contributed by atoms with Crippen molar-refractivity contribution in [3.05, 3.63) is 41.2 Å². The molecular formula is C14H16FN3O2S2. The summed E-state index contributed by atoms with van der Waals surface area (Å²) in [6.07, 6.45) is 2.46. The number of thiazole rings is 1. The summed E-state index contributed by atoms with van der Waals surface area (Å²) < 4.78 is 40.7. The highest BCUT2D eigenvalue weighted by atomic mass is 32.2. The van der Waals surface area contributed by atoms with Crippen molar-refractivity contribution in [1.29, 1.82) is 0 Å². The van der Waals surface area contributed by atoms with Crippen LogP contribution in [-0.2, 0) is 10.0 Å². The fourth-order valence-electron chi connectivity index (χ4n) is 2.47. The Bertz CT molecular complexity index is 762. The number of hydrogen-bond acceptors (Lipinski definition) is 5. The molecule has 3 rings (SSSR count). The van der Waals surface area contributed by atoms with Gasteiger partial charge in [0, 0.05) is 30.7 Å². The average Bonchev–Trinajstić information content (AvgIpc) is 3.11. The highest BCUT2D eigenvalue weighted by molar-refractivity contribution is 7.89. The van der Waals surface area contributed by atoms with E-state index in [1.54, 1.807) is 13.1 Å². The Balaban J connectivity index is 1.71. The monoisotopic (exact) mass is 341 g/mol. The molecule has 1 saturated heterocycles. The molecule has 1 aromatic carbocycles. The van der Waals surface area contributed by atoms with Crippen molar-refractivity contribution in [1.82, 2.24) is 9.71 Å². The third-order valence-electron chi connectivity index (χ3n) is 3.64. The van der Waals surface area contributed by atoms with E-state index in [2.05, 4.69) is 14.6 Å². The van der Waals surface area contributed by atoms with E-state index in [1.165, 1.54) is 29.5 Å². The highest BCUT2D eigenvalue weighted by Crippen LogP contribution is 2.23. The summed E-state index contributed by atoms with van der Waals surface area (Å²) in [6.45, 7) is 2.91. The summed E-state index contributed by atoms with van der Waals surface area (Å²) in [7, 11) is -3.64. The van der Waals surface area contributed by atoms with E-state index in [0.717, 1.165) is 18.1 Å². The molecule has 0 aliphatic carbocycles. The van der Waals surface area contributed by atoms with Gasteiger partial charge in [-0.15, -0.1) is 11.3 Å². The van der Waals surface area contributed by atoms with Gasteiger partial charge < -0.3 is 4.90 Å². The van der Waals surface area contributed by atoms with Crippen LogP contribution in [0.5, 0.6) is 0 Å². The molecule has 1 aromatic heterocycles. The molecule has 1 fully saturated rings. The van der Waals surface area contributed by atoms with Crippen molar-refractivity contribution in [2.45, 2.75) is 24.3 Å². The summed E-state index contributed by atoms with van der Waals surface area (Å²) in [5.74, 6) is -0.408. The Morgan fingerprint density at radius 2 is 2.27 bits per heavy atom. The molecule has 0 amide bonds. The number of nitrogens with one attached hydrogen (secondary N) is 1. The third-order valence-corrected chi connectivity index (χ3v) is 5.99. The van der Waals surface area contributed by atoms with E-state index in [0.29, 0.717) is 12.1 Å². The van der Waals surface area contributed by atoms with Gasteiger partial charge in [0.2, 0.25) is 10.0 Å². The highest BCUT2D eigenvalue weighted by Gasteiger charge is 2.28. The Morgan fingerprint density at radius 3 is 2.95 bits per heavy atom. The molecule has 5 nitrogen and oxygen atoms in total. The molecule has 2 aromatic rings. The molecule has 22 heavy (non-hydrogen) atoms. The van der Waals surface area contributed by atoms with E-state index >= 15 is 0 Å². The number of anilines is 1. The molecule has 1 N–H and O–H groups in total. The van der Waals surface area contributed by atoms with Crippen molar-refractivity contribution in [2.24, 2.45) is 0 Å². The summed E-state index contributed by atoms with van der Waals surface area (Å²) in [5, 5.41) is 2.80. The Kier molecular flexibility index (Phi) is 4.16. The largest absolute Gasteiger partial charge is 0.346 e. The number of benzene rings is 1. The van der Waals surface area contributed by atoms with Crippen LogP contribution in [-0.4, -0.2) is 32.5 Å². The van der Waals surface area contributed by atoms with Crippen LogP contribution in [0.25, 0.3) is 0 Å². The molecule has 118 valence electrons. The number of halogens is 1. The molecule has 1 aliphatic rings. The van der Waals surface area contributed by atoms with Crippen LogP contribution in [0.4, 0.5) is 9.52 Å². The standard InChI is InChI=1S/C14H16FN3O2S2/c1-10-8-12(2-3-13(10)15)22(19,20)17-11-4-6-18(9-11)14-16-5-7-21-14/h2-3,5,7-8,11,17H,4,6,9H2,1H3/t11-/m1/s1. The van der Waals surface area contributed by atoms with Crippen LogP contribution in [0, 0.1) is 12.7 Å². The molecule has 2 heterocycles. The van der Waals surface area contributed by atoms with E-state index < -0.39 is 15.8 Å². The number of nitrogens with zero attached hydrogens (tertiary/aromatic N) is 2. The lowest BCUT2D eigenvalue weighted by Crippen LogP contribution is -2.37. The molecular weight excluding hydrogens is 325 g/mol. The predicted molar refractivity (Wildman–Crippen MR) is 84.2 cm³/mol. The van der Waals surface area contributed by atoms with E-state index in [9.17, 15) is 12.8 Å². The van der Waals surface area contributed by atoms with Crippen LogP contribution in [0.1, 0.15) is 12.0 Å². The number of aromatic nitrogens is 1. The zero-order valence-corrected chi connectivity index (χ0v) is 13.6. The normalized spacial score (nSPS) is 18.8. The Labute approximate surface area is 132 Å². The smallest absolute Gasteiger partial charge is 0.240 e. The van der Waals surface area contributed by atoms with Crippen LogP contribution in [0.15, 0.2) is 34.7 Å². The van der Waals surface area contributed by atoms with Crippen molar-refractivity contribution in [2.75, 3.05) is 18.0 Å². The lowest BCUT2D eigenvalue weighted by molar-refractivity contribution is 0.560.